The van der Waals surface area contributed by atoms with Crippen LogP contribution in [-0.2, 0) is 30.3 Å². The Hall–Kier alpha value is -3.87. The molecule has 2 aliphatic rings. The maximum Gasteiger partial charge on any atom is 0.336 e. The number of carbonyl (C=O) groups excluding carboxylic acids is 3. The normalized spacial score (nSPS) is 21.5. The first-order chi connectivity index (χ1) is 17.3. The molecule has 2 aromatic rings. The van der Waals surface area contributed by atoms with Crippen LogP contribution < -0.4 is 10.1 Å². The Morgan fingerprint density at radius 1 is 0.944 bits per heavy atom. The van der Waals surface area contributed by atoms with Crippen LogP contribution in [0.2, 0.25) is 0 Å². The van der Waals surface area contributed by atoms with E-state index in [2.05, 4.69) is 12.2 Å². The number of esters is 2. The van der Waals surface area contributed by atoms with Gasteiger partial charge in [-0.3, -0.25) is 9.59 Å². The second kappa shape index (κ2) is 10.4. The van der Waals surface area contributed by atoms with Gasteiger partial charge in [0, 0.05) is 28.8 Å². The summed E-state index contributed by atoms with van der Waals surface area (Å²) in [6, 6.07) is 15.2. The summed E-state index contributed by atoms with van der Waals surface area (Å²) in [7, 11) is 4.19. The Bertz CT molecular complexity index is 1240. The fourth-order valence-electron chi connectivity index (χ4n) is 5.26. The monoisotopic (exact) mass is 489 g/mol. The van der Waals surface area contributed by atoms with Crippen LogP contribution in [0.5, 0.6) is 5.75 Å². The number of allylic oxidation sites excluding steroid dienone is 3. The molecule has 0 radical (unpaired) electrons. The fraction of sp³-hybridized carbons (Fsp3) is 0.345. The van der Waals surface area contributed by atoms with Crippen molar-refractivity contribution in [3.05, 3.63) is 87.8 Å². The van der Waals surface area contributed by atoms with E-state index in [4.69, 9.17) is 14.2 Å². The summed E-state index contributed by atoms with van der Waals surface area (Å²) in [5, 5.41) is 3.30. The second-order valence-electron chi connectivity index (χ2n) is 9.02. The number of hydrogen-bond acceptors (Lipinski definition) is 7. The quantitative estimate of drug-likeness (QED) is 0.481. The van der Waals surface area contributed by atoms with Crippen molar-refractivity contribution in [1.29, 1.82) is 0 Å². The minimum Gasteiger partial charge on any atom is -0.497 e. The lowest BCUT2D eigenvalue weighted by Gasteiger charge is -2.39. The smallest absolute Gasteiger partial charge is 0.336 e. The fourth-order valence-corrected chi connectivity index (χ4v) is 5.26. The molecule has 3 unspecified atom stereocenters. The average Bonchev–Trinajstić information content (AvgIpc) is 2.91. The minimum absolute atomic E-state index is 0.352. The molecule has 0 fully saturated rings. The third kappa shape index (κ3) is 4.41. The maximum atomic E-state index is 14.1. The van der Waals surface area contributed by atoms with Gasteiger partial charge in [0.25, 0.3) is 0 Å². The number of methoxy groups -OCH3 is 3. The Morgan fingerprint density at radius 2 is 1.58 bits per heavy atom. The Balaban J connectivity index is 1.88. The summed E-state index contributed by atoms with van der Waals surface area (Å²) in [5.74, 6) is -2.92. The van der Waals surface area contributed by atoms with E-state index >= 15 is 0 Å². The molecule has 0 saturated carbocycles. The van der Waals surface area contributed by atoms with Gasteiger partial charge >= 0.3 is 11.9 Å². The highest BCUT2D eigenvalue weighted by Crippen LogP contribution is 2.48. The lowest BCUT2D eigenvalue weighted by atomic mass is 9.67. The maximum absolute atomic E-state index is 14.1. The van der Waals surface area contributed by atoms with Crippen LogP contribution in [0.1, 0.15) is 48.8 Å². The van der Waals surface area contributed by atoms with Crippen LogP contribution in [-0.4, -0.2) is 39.1 Å². The first-order valence-electron chi connectivity index (χ1n) is 12.0. The van der Waals surface area contributed by atoms with Gasteiger partial charge in [-0.2, -0.15) is 0 Å². The van der Waals surface area contributed by atoms with Crippen LogP contribution >= 0.6 is 0 Å². The Morgan fingerprint density at radius 3 is 2.14 bits per heavy atom. The zero-order chi connectivity index (χ0) is 26.0. The molecule has 0 saturated heterocycles. The number of ether oxygens (including phenoxy) is 3. The molecule has 1 heterocycles. The molecule has 1 aliphatic heterocycles. The summed E-state index contributed by atoms with van der Waals surface area (Å²) in [6.45, 7) is 3.87. The topological polar surface area (TPSA) is 90.9 Å². The van der Waals surface area contributed by atoms with Gasteiger partial charge in [-0.25, -0.2) is 4.79 Å². The molecule has 4 rings (SSSR count). The molecule has 0 aromatic heterocycles. The Kier molecular flexibility index (Phi) is 7.29. The Labute approximate surface area is 211 Å². The van der Waals surface area contributed by atoms with Gasteiger partial charge in [0.05, 0.1) is 26.9 Å². The number of ketones is 1. The lowest BCUT2D eigenvalue weighted by Crippen LogP contribution is -2.43. The minimum atomic E-state index is -1.04. The van der Waals surface area contributed by atoms with Gasteiger partial charge in [0.1, 0.15) is 11.7 Å². The molecule has 1 aliphatic carbocycles. The van der Waals surface area contributed by atoms with Crippen LogP contribution in [0, 0.1) is 5.92 Å². The molecule has 0 bridgehead atoms. The number of carbonyl (C=O) groups is 3. The van der Waals surface area contributed by atoms with Crippen molar-refractivity contribution in [1.82, 2.24) is 5.32 Å². The van der Waals surface area contributed by atoms with Gasteiger partial charge in [-0.05, 0) is 48.6 Å². The van der Waals surface area contributed by atoms with E-state index in [1.54, 1.807) is 7.11 Å². The summed E-state index contributed by atoms with van der Waals surface area (Å²) < 4.78 is 15.5. The average molecular weight is 490 g/mol. The summed E-state index contributed by atoms with van der Waals surface area (Å²) >= 11 is 0. The predicted octanol–water partition coefficient (Wildman–Crippen LogP) is 4.19. The van der Waals surface area contributed by atoms with Crippen LogP contribution in [0.3, 0.4) is 0 Å². The van der Waals surface area contributed by atoms with E-state index in [1.807, 2.05) is 55.5 Å². The number of nitrogens with one attached hydrogen (secondary N) is 1. The van der Waals surface area contributed by atoms with Crippen LogP contribution in [0.25, 0.3) is 0 Å². The zero-order valence-corrected chi connectivity index (χ0v) is 21.2. The van der Waals surface area contributed by atoms with Crippen molar-refractivity contribution in [2.75, 3.05) is 21.3 Å². The third-order valence-corrected chi connectivity index (χ3v) is 7.14. The first kappa shape index (κ1) is 25.2. The van der Waals surface area contributed by atoms with Gasteiger partial charge in [-0.15, -0.1) is 0 Å². The molecule has 188 valence electrons. The van der Waals surface area contributed by atoms with Gasteiger partial charge < -0.3 is 19.5 Å². The molecule has 1 N–H and O–H groups in total. The van der Waals surface area contributed by atoms with E-state index < -0.39 is 29.7 Å². The molecule has 2 aromatic carbocycles. The second-order valence-corrected chi connectivity index (χ2v) is 9.02. The first-order valence-corrected chi connectivity index (χ1v) is 12.0. The standard InChI is InChI=1S/C29H31NO6/c1-6-17-7-9-19(10-8-17)24-23(28(32)35-4)16(2)30-22-15-21(18-11-13-20(34-3)14-12-18)25(29(33)36-5)27(31)26(22)24/h7-14,21,24-25,30H,6,15H2,1-5H3. The number of dihydropyridines is 1. The van der Waals surface area contributed by atoms with E-state index in [0.717, 1.165) is 23.1 Å². The number of benzene rings is 2. The van der Waals surface area contributed by atoms with Gasteiger partial charge in [0.15, 0.2) is 5.78 Å². The highest BCUT2D eigenvalue weighted by atomic mass is 16.5. The van der Waals surface area contributed by atoms with E-state index in [0.29, 0.717) is 34.7 Å². The van der Waals surface area contributed by atoms with E-state index in [1.165, 1.54) is 14.2 Å². The predicted molar refractivity (Wildman–Crippen MR) is 134 cm³/mol. The highest BCUT2D eigenvalue weighted by Gasteiger charge is 2.48. The molecule has 0 amide bonds. The number of rotatable bonds is 6. The molecular weight excluding hydrogens is 458 g/mol. The molecule has 3 atom stereocenters. The van der Waals surface area contributed by atoms with Crippen LogP contribution in [0.15, 0.2) is 71.1 Å². The van der Waals surface area contributed by atoms with E-state index in [-0.39, 0.29) is 5.78 Å². The van der Waals surface area contributed by atoms with Crippen molar-refractivity contribution in [2.45, 2.75) is 38.5 Å². The number of Topliss-reactive ketones (excluding diaryl/α,β-unsaturated/α-hetero) is 1. The molecule has 7 heteroatoms. The SMILES string of the molecule is CCc1ccc(C2C(C(=O)OC)=C(C)NC3=C2C(=O)C(C(=O)OC)C(c2ccc(OC)cc2)C3)cc1. The van der Waals surface area contributed by atoms with Crippen molar-refractivity contribution < 1.29 is 28.6 Å². The van der Waals surface area contributed by atoms with Crippen molar-refractivity contribution in [3.8, 4) is 5.75 Å². The van der Waals surface area contributed by atoms with Crippen molar-refractivity contribution in [3.63, 3.8) is 0 Å². The summed E-state index contributed by atoms with van der Waals surface area (Å²) in [4.78, 5) is 40.1. The number of aryl methyl sites for hydroxylation is 1. The number of hydrogen-bond donors (Lipinski definition) is 1. The third-order valence-electron chi connectivity index (χ3n) is 7.14. The summed E-state index contributed by atoms with van der Waals surface area (Å²) in [6.07, 6.45) is 1.27. The van der Waals surface area contributed by atoms with Gasteiger partial charge in [0.2, 0.25) is 0 Å². The molecular formula is C29H31NO6. The summed E-state index contributed by atoms with van der Waals surface area (Å²) in [5.41, 5.74) is 4.87. The lowest BCUT2D eigenvalue weighted by molar-refractivity contribution is -0.150. The molecule has 0 spiro atoms. The molecule has 7 nitrogen and oxygen atoms in total. The highest BCUT2D eigenvalue weighted by molar-refractivity contribution is 6.13. The van der Waals surface area contributed by atoms with Crippen molar-refractivity contribution >= 4 is 17.7 Å². The van der Waals surface area contributed by atoms with Crippen LogP contribution in [0.4, 0.5) is 0 Å². The zero-order valence-electron chi connectivity index (χ0n) is 21.2. The van der Waals surface area contributed by atoms with E-state index in [9.17, 15) is 14.4 Å². The van der Waals surface area contributed by atoms with Crippen molar-refractivity contribution in [2.24, 2.45) is 5.92 Å². The largest absolute Gasteiger partial charge is 0.497 e. The van der Waals surface area contributed by atoms with Gasteiger partial charge in [-0.1, -0.05) is 43.3 Å². The molecule has 36 heavy (non-hydrogen) atoms.